The van der Waals surface area contributed by atoms with Crippen LogP contribution in [0.2, 0.25) is 0 Å². The number of anilines is 1. The standard InChI is InChI=1S/C21H26N4O2/c1-21(2,3)27-20(26)24(4)16-9-11-25(12-10-16)19-13-15(14-22)23-18-8-6-5-7-17(18)19/h5-8,13,16H,9-12H2,1-4H3. The van der Waals surface area contributed by atoms with Crippen molar-refractivity contribution in [1.29, 1.82) is 5.26 Å². The lowest BCUT2D eigenvalue weighted by Crippen LogP contribution is -2.47. The summed E-state index contributed by atoms with van der Waals surface area (Å²) in [5.74, 6) is 0. The summed E-state index contributed by atoms with van der Waals surface area (Å²) < 4.78 is 5.48. The third-order valence-corrected chi connectivity index (χ3v) is 4.84. The largest absolute Gasteiger partial charge is 0.444 e. The van der Waals surface area contributed by atoms with E-state index in [1.165, 1.54) is 0 Å². The SMILES string of the molecule is CN(C(=O)OC(C)(C)C)C1CCN(c2cc(C#N)nc3ccccc23)CC1. The average molecular weight is 366 g/mol. The Balaban J connectivity index is 1.74. The van der Waals surface area contributed by atoms with Gasteiger partial charge in [-0.25, -0.2) is 9.78 Å². The molecule has 27 heavy (non-hydrogen) atoms. The molecule has 1 aromatic carbocycles. The van der Waals surface area contributed by atoms with Crippen molar-refractivity contribution in [2.45, 2.75) is 45.3 Å². The summed E-state index contributed by atoms with van der Waals surface area (Å²) in [5.41, 5.74) is 1.81. The number of para-hydroxylation sites is 1. The first kappa shape index (κ1) is 19.0. The van der Waals surface area contributed by atoms with E-state index >= 15 is 0 Å². The van der Waals surface area contributed by atoms with Gasteiger partial charge in [0.05, 0.1) is 5.52 Å². The zero-order chi connectivity index (χ0) is 19.6. The summed E-state index contributed by atoms with van der Waals surface area (Å²) >= 11 is 0. The summed E-state index contributed by atoms with van der Waals surface area (Å²) in [6, 6.07) is 12.1. The van der Waals surface area contributed by atoms with Gasteiger partial charge in [-0.15, -0.1) is 0 Å². The third kappa shape index (κ3) is 4.30. The highest BCUT2D eigenvalue weighted by molar-refractivity contribution is 5.92. The molecule has 1 aliphatic rings. The van der Waals surface area contributed by atoms with E-state index in [9.17, 15) is 10.1 Å². The first-order chi connectivity index (χ1) is 12.8. The lowest BCUT2D eigenvalue weighted by atomic mass is 10.0. The molecule has 0 radical (unpaired) electrons. The molecule has 1 fully saturated rings. The fraction of sp³-hybridized carbons (Fsp3) is 0.476. The van der Waals surface area contributed by atoms with Crippen LogP contribution in [0.4, 0.5) is 10.5 Å². The van der Waals surface area contributed by atoms with Crippen LogP contribution in [0.3, 0.4) is 0 Å². The van der Waals surface area contributed by atoms with E-state index in [-0.39, 0.29) is 12.1 Å². The number of rotatable bonds is 2. The predicted molar refractivity (Wildman–Crippen MR) is 106 cm³/mol. The molecule has 1 saturated heterocycles. The van der Waals surface area contributed by atoms with Crippen molar-refractivity contribution in [3.63, 3.8) is 0 Å². The molecule has 0 N–H and O–H groups in total. The second kappa shape index (κ2) is 7.43. The van der Waals surface area contributed by atoms with Crippen LogP contribution in [-0.2, 0) is 4.74 Å². The van der Waals surface area contributed by atoms with Crippen LogP contribution in [0.5, 0.6) is 0 Å². The molecule has 0 saturated carbocycles. The molecule has 0 spiro atoms. The predicted octanol–water partition coefficient (Wildman–Crippen LogP) is 3.94. The quantitative estimate of drug-likeness (QED) is 0.805. The van der Waals surface area contributed by atoms with E-state index < -0.39 is 5.60 Å². The van der Waals surface area contributed by atoms with Crippen molar-refractivity contribution in [2.75, 3.05) is 25.0 Å². The number of fused-ring (bicyclic) bond motifs is 1. The zero-order valence-corrected chi connectivity index (χ0v) is 16.4. The number of nitriles is 1. The molecule has 2 heterocycles. The molecule has 1 aromatic heterocycles. The highest BCUT2D eigenvalue weighted by Crippen LogP contribution is 2.30. The maximum atomic E-state index is 12.3. The number of piperidine rings is 1. The Morgan fingerprint density at radius 3 is 2.59 bits per heavy atom. The molecule has 0 atom stereocenters. The van der Waals surface area contributed by atoms with Crippen LogP contribution < -0.4 is 4.90 Å². The maximum absolute atomic E-state index is 12.3. The Hall–Kier alpha value is -2.81. The number of aromatic nitrogens is 1. The highest BCUT2D eigenvalue weighted by Gasteiger charge is 2.29. The van der Waals surface area contributed by atoms with Gasteiger partial charge in [0, 0.05) is 37.3 Å². The summed E-state index contributed by atoms with van der Waals surface area (Å²) in [5, 5.41) is 10.4. The van der Waals surface area contributed by atoms with Crippen LogP contribution in [0.15, 0.2) is 30.3 Å². The number of pyridine rings is 1. The molecule has 0 unspecified atom stereocenters. The molecule has 6 nitrogen and oxygen atoms in total. The second-order valence-electron chi connectivity index (χ2n) is 7.97. The van der Waals surface area contributed by atoms with Crippen molar-refractivity contribution in [3.8, 4) is 6.07 Å². The Morgan fingerprint density at radius 1 is 1.30 bits per heavy atom. The number of carbonyl (C=O) groups excluding carboxylic acids is 1. The number of ether oxygens (including phenoxy) is 1. The molecule has 142 valence electrons. The zero-order valence-electron chi connectivity index (χ0n) is 16.4. The summed E-state index contributed by atoms with van der Waals surface area (Å²) in [7, 11) is 1.81. The first-order valence-electron chi connectivity index (χ1n) is 9.29. The van der Waals surface area contributed by atoms with Crippen LogP contribution in [0.1, 0.15) is 39.3 Å². The topological polar surface area (TPSA) is 69.5 Å². The molecule has 1 amide bonds. The average Bonchev–Trinajstić information content (AvgIpc) is 2.65. The molecule has 1 aliphatic heterocycles. The van der Waals surface area contributed by atoms with Crippen LogP contribution >= 0.6 is 0 Å². The van der Waals surface area contributed by atoms with E-state index in [0.717, 1.165) is 42.5 Å². The van der Waals surface area contributed by atoms with Gasteiger partial charge in [0.2, 0.25) is 0 Å². The minimum Gasteiger partial charge on any atom is -0.444 e. The Bertz CT molecular complexity index is 874. The van der Waals surface area contributed by atoms with Crippen molar-refractivity contribution >= 4 is 22.7 Å². The number of benzene rings is 1. The molecule has 2 aromatic rings. The number of hydrogen-bond acceptors (Lipinski definition) is 5. The van der Waals surface area contributed by atoms with Crippen molar-refractivity contribution in [2.24, 2.45) is 0 Å². The van der Waals surface area contributed by atoms with Gasteiger partial charge in [0.15, 0.2) is 0 Å². The molecule has 0 aliphatic carbocycles. The van der Waals surface area contributed by atoms with E-state index in [1.807, 2.05) is 58.2 Å². The molecular formula is C21H26N4O2. The van der Waals surface area contributed by atoms with Crippen LogP contribution in [0, 0.1) is 11.3 Å². The number of hydrogen-bond donors (Lipinski definition) is 0. The van der Waals surface area contributed by atoms with Gasteiger partial charge in [0.25, 0.3) is 0 Å². The summed E-state index contributed by atoms with van der Waals surface area (Å²) in [6.45, 7) is 7.27. The number of carbonyl (C=O) groups is 1. The van der Waals surface area contributed by atoms with Crippen LogP contribution in [0.25, 0.3) is 10.9 Å². The summed E-state index contributed by atoms with van der Waals surface area (Å²) in [6.07, 6.45) is 1.44. The maximum Gasteiger partial charge on any atom is 0.410 e. The fourth-order valence-corrected chi connectivity index (χ4v) is 3.45. The van der Waals surface area contributed by atoms with E-state index in [0.29, 0.717) is 5.69 Å². The van der Waals surface area contributed by atoms with Gasteiger partial charge in [-0.2, -0.15) is 5.26 Å². The monoisotopic (exact) mass is 366 g/mol. The third-order valence-electron chi connectivity index (χ3n) is 4.84. The lowest BCUT2D eigenvalue weighted by molar-refractivity contribution is 0.0201. The van der Waals surface area contributed by atoms with Gasteiger partial charge in [0.1, 0.15) is 17.4 Å². The Kier molecular flexibility index (Phi) is 5.22. The van der Waals surface area contributed by atoms with E-state index in [1.54, 1.807) is 4.90 Å². The van der Waals surface area contributed by atoms with Crippen LogP contribution in [-0.4, -0.2) is 47.8 Å². The summed E-state index contributed by atoms with van der Waals surface area (Å²) in [4.78, 5) is 20.7. The van der Waals surface area contributed by atoms with E-state index in [2.05, 4.69) is 16.0 Å². The Labute approximate surface area is 160 Å². The molecular weight excluding hydrogens is 340 g/mol. The van der Waals surface area contributed by atoms with Gasteiger partial charge in [-0.1, -0.05) is 18.2 Å². The molecule has 3 rings (SSSR count). The minimum absolute atomic E-state index is 0.152. The Morgan fingerprint density at radius 2 is 1.96 bits per heavy atom. The van der Waals surface area contributed by atoms with Gasteiger partial charge in [-0.05, 0) is 45.7 Å². The molecule has 6 heteroatoms. The lowest BCUT2D eigenvalue weighted by Gasteiger charge is -2.38. The van der Waals surface area contributed by atoms with Gasteiger partial charge < -0.3 is 14.5 Å². The first-order valence-corrected chi connectivity index (χ1v) is 9.29. The second-order valence-corrected chi connectivity index (χ2v) is 7.97. The number of nitrogens with zero attached hydrogens (tertiary/aromatic N) is 4. The molecule has 0 bridgehead atoms. The normalized spacial score (nSPS) is 15.4. The minimum atomic E-state index is -0.490. The van der Waals surface area contributed by atoms with Crippen molar-refractivity contribution in [1.82, 2.24) is 9.88 Å². The smallest absolute Gasteiger partial charge is 0.410 e. The highest BCUT2D eigenvalue weighted by atomic mass is 16.6. The fourth-order valence-electron chi connectivity index (χ4n) is 3.45. The van der Waals surface area contributed by atoms with Crippen molar-refractivity contribution < 1.29 is 9.53 Å². The van der Waals surface area contributed by atoms with Crippen molar-refractivity contribution in [3.05, 3.63) is 36.0 Å². The van der Waals surface area contributed by atoms with E-state index in [4.69, 9.17) is 4.74 Å². The number of amides is 1. The van der Waals surface area contributed by atoms with Gasteiger partial charge >= 0.3 is 6.09 Å². The van der Waals surface area contributed by atoms with Gasteiger partial charge in [-0.3, -0.25) is 0 Å².